The standard InChI is InChI=1S/C28H26FN7O3/c1-36-16-33-20-10-7-18(14-22(20)36)25-24(17-5-8-19(29)9-6-17)35-27(30)26(34-25)28(37)32-15-21-23(4-3-11-31-21)39-13-12-38-2/h3-11,14,16H,12-13,15H2,1-2H3,(H2,30,35)(H,32,37). The van der Waals surface area contributed by atoms with Crippen molar-refractivity contribution in [1.82, 2.24) is 29.8 Å². The van der Waals surface area contributed by atoms with Gasteiger partial charge in [0.25, 0.3) is 5.91 Å². The summed E-state index contributed by atoms with van der Waals surface area (Å²) in [4.78, 5) is 31.2. The summed E-state index contributed by atoms with van der Waals surface area (Å²) in [6.45, 7) is 0.844. The molecule has 0 aliphatic rings. The van der Waals surface area contributed by atoms with Gasteiger partial charge in [-0.1, -0.05) is 6.07 Å². The summed E-state index contributed by atoms with van der Waals surface area (Å²) in [6, 6.07) is 15.0. The third-order valence-electron chi connectivity index (χ3n) is 6.06. The molecule has 2 aromatic carbocycles. The van der Waals surface area contributed by atoms with Crippen molar-refractivity contribution in [2.75, 3.05) is 26.1 Å². The number of imidazole rings is 1. The molecule has 0 bridgehead atoms. The number of fused-ring (bicyclic) bond motifs is 1. The van der Waals surface area contributed by atoms with E-state index in [9.17, 15) is 9.18 Å². The van der Waals surface area contributed by atoms with Crippen LogP contribution < -0.4 is 15.8 Å². The predicted molar refractivity (Wildman–Crippen MR) is 144 cm³/mol. The molecule has 1 amide bonds. The van der Waals surface area contributed by atoms with E-state index in [1.165, 1.54) is 12.1 Å². The number of carbonyl (C=O) groups excluding carboxylic acids is 1. The fourth-order valence-electron chi connectivity index (χ4n) is 4.07. The summed E-state index contributed by atoms with van der Waals surface area (Å²) in [5.74, 6) is -0.434. The molecule has 0 spiro atoms. The second-order valence-electron chi connectivity index (χ2n) is 8.69. The van der Waals surface area contributed by atoms with Gasteiger partial charge in [0, 0.05) is 31.5 Å². The van der Waals surface area contributed by atoms with Crippen LogP contribution in [0, 0.1) is 5.82 Å². The Hall–Kier alpha value is -4.90. The van der Waals surface area contributed by atoms with Crippen LogP contribution in [0.2, 0.25) is 0 Å². The van der Waals surface area contributed by atoms with Crippen LogP contribution in [0.3, 0.4) is 0 Å². The van der Waals surface area contributed by atoms with E-state index in [1.807, 2.05) is 29.8 Å². The molecule has 0 atom stereocenters. The summed E-state index contributed by atoms with van der Waals surface area (Å²) < 4.78 is 26.3. The average molecular weight is 528 g/mol. The van der Waals surface area contributed by atoms with Gasteiger partial charge in [-0.25, -0.2) is 19.3 Å². The highest BCUT2D eigenvalue weighted by Gasteiger charge is 2.21. The van der Waals surface area contributed by atoms with Gasteiger partial charge in [-0.2, -0.15) is 0 Å². The highest BCUT2D eigenvalue weighted by Crippen LogP contribution is 2.32. The Morgan fingerprint density at radius 1 is 1.03 bits per heavy atom. The van der Waals surface area contributed by atoms with Gasteiger partial charge in [-0.15, -0.1) is 0 Å². The molecule has 39 heavy (non-hydrogen) atoms. The van der Waals surface area contributed by atoms with Crippen LogP contribution in [0.4, 0.5) is 10.2 Å². The number of ether oxygens (including phenoxy) is 2. The van der Waals surface area contributed by atoms with Crippen LogP contribution in [0.25, 0.3) is 33.5 Å². The number of benzene rings is 2. The number of aryl methyl sites for hydroxylation is 1. The van der Waals surface area contributed by atoms with E-state index >= 15 is 0 Å². The minimum absolute atomic E-state index is 0.0428. The topological polar surface area (TPSA) is 130 Å². The number of aromatic nitrogens is 5. The zero-order valence-corrected chi connectivity index (χ0v) is 21.4. The quantitative estimate of drug-likeness (QED) is 0.277. The van der Waals surface area contributed by atoms with Gasteiger partial charge in [0.1, 0.15) is 23.9 Å². The van der Waals surface area contributed by atoms with E-state index < -0.39 is 5.91 Å². The molecule has 3 heterocycles. The number of pyridine rings is 1. The van der Waals surface area contributed by atoms with Crippen LogP contribution in [0.15, 0.2) is 67.1 Å². The van der Waals surface area contributed by atoms with E-state index in [0.29, 0.717) is 47.2 Å². The van der Waals surface area contributed by atoms with Crippen molar-refractivity contribution >= 4 is 22.8 Å². The molecule has 0 unspecified atom stereocenters. The zero-order chi connectivity index (χ0) is 27.4. The fourth-order valence-corrected chi connectivity index (χ4v) is 4.07. The number of amides is 1. The first-order valence-corrected chi connectivity index (χ1v) is 12.1. The Labute approximate surface area is 223 Å². The second-order valence-corrected chi connectivity index (χ2v) is 8.69. The van der Waals surface area contributed by atoms with Crippen LogP contribution in [0.5, 0.6) is 5.75 Å². The van der Waals surface area contributed by atoms with Crippen molar-refractivity contribution in [3.8, 4) is 28.3 Å². The molecule has 11 heteroatoms. The third-order valence-corrected chi connectivity index (χ3v) is 6.06. The van der Waals surface area contributed by atoms with Crippen molar-refractivity contribution < 1.29 is 18.7 Å². The number of nitrogen functional groups attached to an aromatic ring is 1. The molecule has 0 fully saturated rings. The normalized spacial score (nSPS) is 11.1. The first-order valence-electron chi connectivity index (χ1n) is 12.1. The maximum Gasteiger partial charge on any atom is 0.274 e. The number of halogens is 1. The molecule has 5 rings (SSSR count). The number of hydrogen-bond acceptors (Lipinski definition) is 8. The number of anilines is 1. The van der Waals surface area contributed by atoms with Gasteiger partial charge in [0.15, 0.2) is 11.5 Å². The molecule has 10 nitrogen and oxygen atoms in total. The number of nitrogens with zero attached hydrogens (tertiary/aromatic N) is 5. The first kappa shape index (κ1) is 25.7. The monoisotopic (exact) mass is 527 g/mol. The maximum absolute atomic E-state index is 13.7. The van der Waals surface area contributed by atoms with E-state index in [-0.39, 0.29) is 23.9 Å². The Kier molecular flexibility index (Phi) is 7.41. The van der Waals surface area contributed by atoms with Crippen molar-refractivity contribution in [3.63, 3.8) is 0 Å². The number of nitrogens with one attached hydrogen (secondary N) is 1. The van der Waals surface area contributed by atoms with Gasteiger partial charge in [0.05, 0.1) is 41.9 Å². The molecule has 5 aromatic rings. The third kappa shape index (κ3) is 5.53. The first-order chi connectivity index (χ1) is 18.9. The maximum atomic E-state index is 13.7. The van der Waals surface area contributed by atoms with Crippen LogP contribution in [-0.2, 0) is 18.3 Å². The van der Waals surface area contributed by atoms with E-state index in [4.69, 9.17) is 15.2 Å². The van der Waals surface area contributed by atoms with Gasteiger partial charge in [-0.3, -0.25) is 9.78 Å². The summed E-state index contributed by atoms with van der Waals surface area (Å²) in [5, 5.41) is 2.81. The summed E-state index contributed by atoms with van der Waals surface area (Å²) in [6.07, 6.45) is 3.33. The van der Waals surface area contributed by atoms with Gasteiger partial charge in [-0.05, 0) is 48.5 Å². The molecule has 0 aliphatic carbocycles. The summed E-state index contributed by atoms with van der Waals surface area (Å²) in [7, 11) is 3.47. The molecular formula is C28H26FN7O3. The van der Waals surface area contributed by atoms with E-state index in [1.54, 1.807) is 43.9 Å². The van der Waals surface area contributed by atoms with Crippen molar-refractivity contribution in [2.45, 2.75) is 6.54 Å². The van der Waals surface area contributed by atoms with E-state index in [0.717, 1.165) is 11.0 Å². The number of methoxy groups -OCH3 is 1. The SMILES string of the molecule is COCCOc1cccnc1CNC(=O)c1nc(-c2ccc3ncn(C)c3c2)c(-c2ccc(F)cc2)nc1N. The summed E-state index contributed by atoms with van der Waals surface area (Å²) >= 11 is 0. The fraction of sp³-hybridized carbons (Fsp3) is 0.179. The highest BCUT2D eigenvalue weighted by atomic mass is 19.1. The molecule has 0 saturated heterocycles. The summed E-state index contributed by atoms with van der Waals surface area (Å²) in [5.41, 5.74) is 10.6. The molecule has 3 aromatic heterocycles. The van der Waals surface area contributed by atoms with E-state index in [2.05, 4.69) is 25.3 Å². The van der Waals surface area contributed by atoms with Crippen LogP contribution in [-0.4, -0.2) is 50.7 Å². The zero-order valence-electron chi connectivity index (χ0n) is 21.4. The number of carbonyl (C=O) groups is 1. The number of hydrogen-bond donors (Lipinski definition) is 2. The average Bonchev–Trinajstić information content (AvgIpc) is 3.32. The molecule has 0 radical (unpaired) electrons. The van der Waals surface area contributed by atoms with Gasteiger partial charge >= 0.3 is 0 Å². The Balaban J connectivity index is 1.50. The number of nitrogens with two attached hydrogens (primary N) is 1. The van der Waals surface area contributed by atoms with Crippen LogP contribution in [0.1, 0.15) is 16.2 Å². The lowest BCUT2D eigenvalue weighted by atomic mass is 10.0. The van der Waals surface area contributed by atoms with Crippen molar-refractivity contribution in [3.05, 3.63) is 84.3 Å². The smallest absolute Gasteiger partial charge is 0.274 e. The molecule has 0 aliphatic heterocycles. The molecule has 3 N–H and O–H groups in total. The Morgan fingerprint density at radius 2 is 1.79 bits per heavy atom. The molecule has 0 saturated carbocycles. The minimum Gasteiger partial charge on any atom is -0.489 e. The molecule has 198 valence electrons. The predicted octanol–water partition coefficient (Wildman–Crippen LogP) is 3.77. The minimum atomic E-state index is -0.526. The van der Waals surface area contributed by atoms with Crippen molar-refractivity contribution in [1.29, 1.82) is 0 Å². The lowest BCUT2D eigenvalue weighted by Crippen LogP contribution is -2.26. The lowest BCUT2D eigenvalue weighted by Gasteiger charge is -2.14. The van der Waals surface area contributed by atoms with Gasteiger partial charge in [0.2, 0.25) is 0 Å². The molecular weight excluding hydrogens is 501 g/mol. The Morgan fingerprint density at radius 3 is 2.59 bits per heavy atom. The second kappa shape index (κ2) is 11.2. The van der Waals surface area contributed by atoms with Gasteiger partial charge < -0.3 is 25.1 Å². The lowest BCUT2D eigenvalue weighted by molar-refractivity contribution is 0.0945. The number of rotatable bonds is 9. The largest absolute Gasteiger partial charge is 0.489 e. The highest BCUT2D eigenvalue weighted by molar-refractivity contribution is 5.98. The Bertz CT molecular complexity index is 1640. The van der Waals surface area contributed by atoms with Crippen molar-refractivity contribution in [2.24, 2.45) is 7.05 Å². The van der Waals surface area contributed by atoms with Crippen LogP contribution >= 0.6 is 0 Å².